The maximum Gasteiger partial charge on any atom is 0.325 e. The standard InChI is InChI=1S/C15H17BrClN3O3/c1-22-14(21)8-18-15-9-6-10(16)11(17)7-12(9)20(19-15)13-4-2-3-5-23-13/h6-7,13H,2-5,8H2,1H3,(H,18,19). The first-order chi connectivity index (χ1) is 11.1. The van der Waals surface area contributed by atoms with Gasteiger partial charge in [0, 0.05) is 16.5 Å². The Morgan fingerprint density at radius 1 is 1.57 bits per heavy atom. The van der Waals surface area contributed by atoms with E-state index in [-0.39, 0.29) is 18.7 Å². The number of methoxy groups -OCH3 is 1. The van der Waals surface area contributed by atoms with Crippen LogP contribution < -0.4 is 5.32 Å². The Kier molecular flexibility index (Phi) is 5.08. The van der Waals surface area contributed by atoms with Crippen LogP contribution in [-0.4, -0.2) is 36.0 Å². The van der Waals surface area contributed by atoms with Crippen molar-refractivity contribution in [1.82, 2.24) is 9.78 Å². The number of halogens is 2. The van der Waals surface area contributed by atoms with Gasteiger partial charge in [-0.25, -0.2) is 4.68 Å². The van der Waals surface area contributed by atoms with Crippen LogP contribution in [0.15, 0.2) is 16.6 Å². The molecule has 124 valence electrons. The number of anilines is 1. The van der Waals surface area contributed by atoms with E-state index < -0.39 is 0 Å². The van der Waals surface area contributed by atoms with Gasteiger partial charge in [0.2, 0.25) is 0 Å². The number of hydrogen-bond acceptors (Lipinski definition) is 5. The van der Waals surface area contributed by atoms with E-state index in [1.807, 2.05) is 16.8 Å². The molecule has 1 atom stereocenters. The Labute approximate surface area is 147 Å². The number of hydrogen-bond donors (Lipinski definition) is 1. The number of esters is 1. The molecule has 1 N–H and O–H groups in total. The van der Waals surface area contributed by atoms with Crippen molar-refractivity contribution in [3.05, 3.63) is 21.6 Å². The first-order valence-corrected chi connectivity index (χ1v) is 8.57. The number of nitrogens with zero attached hydrogens (tertiary/aromatic N) is 2. The number of nitrogens with one attached hydrogen (secondary N) is 1. The third-order valence-electron chi connectivity index (χ3n) is 3.80. The summed E-state index contributed by atoms with van der Waals surface area (Å²) in [5.74, 6) is 0.256. The summed E-state index contributed by atoms with van der Waals surface area (Å²) < 4.78 is 13.1. The average molecular weight is 403 g/mol. The van der Waals surface area contributed by atoms with Gasteiger partial charge in [-0.1, -0.05) is 11.6 Å². The smallest absolute Gasteiger partial charge is 0.325 e. The van der Waals surface area contributed by atoms with E-state index in [1.165, 1.54) is 7.11 Å². The molecule has 1 unspecified atom stereocenters. The normalized spacial score (nSPS) is 18.1. The van der Waals surface area contributed by atoms with Crippen molar-refractivity contribution >= 4 is 50.2 Å². The molecule has 1 aliphatic heterocycles. The van der Waals surface area contributed by atoms with E-state index in [0.717, 1.165) is 41.2 Å². The predicted octanol–water partition coefficient (Wildman–Crippen LogP) is 3.74. The van der Waals surface area contributed by atoms with E-state index in [0.29, 0.717) is 10.8 Å². The van der Waals surface area contributed by atoms with Gasteiger partial charge in [-0.05, 0) is 47.3 Å². The Morgan fingerprint density at radius 2 is 2.39 bits per heavy atom. The van der Waals surface area contributed by atoms with Crippen LogP contribution >= 0.6 is 27.5 Å². The van der Waals surface area contributed by atoms with E-state index in [2.05, 4.69) is 31.1 Å². The summed E-state index contributed by atoms with van der Waals surface area (Å²) in [6.45, 7) is 0.773. The highest BCUT2D eigenvalue weighted by Gasteiger charge is 2.22. The topological polar surface area (TPSA) is 65.4 Å². The highest BCUT2D eigenvalue weighted by Crippen LogP contribution is 2.35. The van der Waals surface area contributed by atoms with Crippen molar-refractivity contribution in [2.24, 2.45) is 0 Å². The Bertz CT molecular complexity index is 728. The van der Waals surface area contributed by atoms with Gasteiger partial charge in [-0.2, -0.15) is 5.10 Å². The van der Waals surface area contributed by atoms with Gasteiger partial charge in [-0.15, -0.1) is 0 Å². The van der Waals surface area contributed by atoms with Gasteiger partial charge < -0.3 is 14.8 Å². The van der Waals surface area contributed by atoms with Crippen LogP contribution in [0.3, 0.4) is 0 Å². The van der Waals surface area contributed by atoms with Crippen molar-refractivity contribution in [2.75, 3.05) is 25.6 Å². The van der Waals surface area contributed by atoms with Gasteiger partial charge in [0.05, 0.1) is 17.6 Å². The van der Waals surface area contributed by atoms with Crippen LogP contribution in [0.2, 0.25) is 5.02 Å². The molecule has 0 bridgehead atoms. The Morgan fingerprint density at radius 3 is 3.09 bits per heavy atom. The molecule has 0 spiro atoms. The second kappa shape index (κ2) is 7.07. The lowest BCUT2D eigenvalue weighted by Crippen LogP contribution is -2.20. The number of benzene rings is 1. The molecular weight excluding hydrogens is 386 g/mol. The molecule has 2 heterocycles. The summed E-state index contributed by atoms with van der Waals surface area (Å²) in [5, 5.41) is 9.09. The fourth-order valence-corrected chi connectivity index (χ4v) is 3.13. The lowest BCUT2D eigenvalue weighted by atomic mass is 10.2. The molecule has 0 saturated carbocycles. The Balaban J connectivity index is 2.01. The summed E-state index contributed by atoms with van der Waals surface area (Å²) >= 11 is 9.66. The number of ether oxygens (including phenoxy) is 2. The van der Waals surface area contributed by atoms with E-state index >= 15 is 0 Å². The third kappa shape index (κ3) is 3.46. The predicted molar refractivity (Wildman–Crippen MR) is 91.8 cm³/mol. The number of carbonyl (C=O) groups is 1. The zero-order valence-electron chi connectivity index (χ0n) is 12.6. The summed E-state index contributed by atoms with van der Waals surface area (Å²) in [6.07, 6.45) is 2.95. The molecule has 0 radical (unpaired) electrons. The zero-order chi connectivity index (χ0) is 16.4. The SMILES string of the molecule is COC(=O)CNc1nn(C2CCCCO2)c2cc(Cl)c(Br)cc12. The van der Waals surface area contributed by atoms with Crippen LogP contribution in [0.25, 0.3) is 10.9 Å². The monoisotopic (exact) mass is 401 g/mol. The lowest BCUT2D eigenvalue weighted by Gasteiger charge is -2.23. The summed E-state index contributed by atoms with van der Waals surface area (Å²) in [4.78, 5) is 11.4. The third-order valence-corrected chi connectivity index (χ3v) is 5.00. The van der Waals surface area contributed by atoms with Crippen LogP contribution in [-0.2, 0) is 14.3 Å². The minimum absolute atomic E-state index is 0.0500. The van der Waals surface area contributed by atoms with Crippen molar-refractivity contribution in [1.29, 1.82) is 0 Å². The Hall–Kier alpha value is -1.31. The molecule has 23 heavy (non-hydrogen) atoms. The lowest BCUT2D eigenvalue weighted by molar-refractivity contribution is -0.138. The highest BCUT2D eigenvalue weighted by atomic mass is 79.9. The molecule has 1 fully saturated rings. The summed E-state index contributed by atoms with van der Waals surface area (Å²) in [7, 11) is 1.35. The summed E-state index contributed by atoms with van der Waals surface area (Å²) in [5.41, 5.74) is 0.873. The van der Waals surface area contributed by atoms with Crippen LogP contribution in [0.4, 0.5) is 5.82 Å². The second-order valence-electron chi connectivity index (χ2n) is 5.33. The largest absolute Gasteiger partial charge is 0.468 e. The molecule has 0 aliphatic carbocycles. The fraction of sp³-hybridized carbons (Fsp3) is 0.467. The zero-order valence-corrected chi connectivity index (χ0v) is 15.0. The number of rotatable bonds is 4. The van der Waals surface area contributed by atoms with Gasteiger partial charge in [0.15, 0.2) is 12.0 Å². The molecule has 3 rings (SSSR count). The van der Waals surface area contributed by atoms with E-state index in [4.69, 9.17) is 16.3 Å². The maximum atomic E-state index is 11.4. The molecular formula is C15H17BrClN3O3. The van der Waals surface area contributed by atoms with Crippen LogP contribution in [0, 0.1) is 0 Å². The van der Waals surface area contributed by atoms with Crippen molar-refractivity contribution < 1.29 is 14.3 Å². The average Bonchev–Trinajstić information content (AvgIpc) is 2.91. The molecule has 1 aromatic carbocycles. The first-order valence-electron chi connectivity index (χ1n) is 7.39. The van der Waals surface area contributed by atoms with Crippen LogP contribution in [0.5, 0.6) is 0 Å². The van der Waals surface area contributed by atoms with Crippen molar-refractivity contribution in [2.45, 2.75) is 25.5 Å². The molecule has 1 aliphatic rings. The number of fused-ring (bicyclic) bond motifs is 1. The van der Waals surface area contributed by atoms with E-state index in [9.17, 15) is 4.79 Å². The first kappa shape index (κ1) is 16.5. The second-order valence-corrected chi connectivity index (χ2v) is 6.59. The molecule has 6 nitrogen and oxygen atoms in total. The molecule has 2 aromatic rings. The molecule has 1 aromatic heterocycles. The quantitative estimate of drug-likeness (QED) is 0.789. The maximum absolute atomic E-state index is 11.4. The minimum Gasteiger partial charge on any atom is -0.468 e. The van der Waals surface area contributed by atoms with Gasteiger partial charge in [0.1, 0.15) is 6.54 Å². The number of aromatic nitrogens is 2. The van der Waals surface area contributed by atoms with Gasteiger partial charge >= 0.3 is 5.97 Å². The summed E-state index contributed by atoms with van der Waals surface area (Å²) in [6, 6.07) is 3.75. The number of carbonyl (C=O) groups excluding carboxylic acids is 1. The van der Waals surface area contributed by atoms with Crippen molar-refractivity contribution in [3.8, 4) is 0 Å². The van der Waals surface area contributed by atoms with E-state index in [1.54, 1.807) is 0 Å². The molecule has 8 heteroatoms. The molecule has 0 amide bonds. The molecule has 1 saturated heterocycles. The van der Waals surface area contributed by atoms with Crippen molar-refractivity contribution in [3.63, 3.8) is 0 Å². The minimum atomic E-state index is -0.352. The van der Waals surface area contributed by atoms with Gasteiger partial charge in [0.25, 0.3) is 0 Å². The van der Waals surface area contributed by atoms with Crippen LogP contribution in [0.1, 0.15) is 25.5 Å². The highest BCUT2D eigenvalue weighted by molar-refractivity contribution is 9.10. The fourth-order valence-electron chi connectivity index (χ4n) is 2.63. The van der Waals surface area contributed by atoms with Gasteiger partial charge in [-0.3, -0.25) is 4.79 Å².